The van der Waals surface area contributed by atoms with Crippen molar-refractivity contribution in [2.45, 2.75) is 13.3 Å². The lowest BCUT2D eigenvalue weighted by Gasteiger charge is -2.07. The Balaban J connectivity index is 0.00000196. The molecule has 0 atom stereocenters. The fourth-order valence-corrected chi connectivity index (χ4v) is 1.62. The van der Waals surface area contributed by atoms with Crippen LogP contribution in [-0.2, 0) is 6.42 Å². The highest BCUT2D eigenvalue weighted by atomic mass is 35.5. The van der Waals surface area contributed by atoms with E-state index in [4.69, 9.17) is 28.3 Å². The van der Waals surface area contributed by atoms with Gasteiger partial charge in [0.05, 0.1) is 0 Å². The SMILES string of the molecule is CCc1c(F)c(Cl)nc(Cl)c1C(=O)O.Cl. The molecule has 7 heteroatoms. The molecule has 15 heavy (non-hydrogen) atoms. The van der Waals surface area contributed by atoms with Crippen LogP contribution in [-0.4, -0.2) is 16.1 Å². The lowest BCUT2D eigenvalue weighted by Crippen LogP contribution is -2.07. The monoisotopic (exact) mass is 273 g/mol. The van der Waals surface area contributed by atoms with Crippen molar-refractivity contribution in [1.29, 1.82) is 0 Å². The number of nitrogens with zero attached hydrogens (tertiary/aromatic N) is 1. The maximum atomic E-state index is 13.3. The molecule has 0 saturated carbocycles. The van der Waals surface area contributed by atoms with Gasteiger partial charge in [-0.1, -0.05) is 30.1 Å². The summed E-state index contributed by atoms with van der Waals surface area (Å²) < 4.78 is 13.3. The Morgan fingerprint density at radius 3 is 2.40 bits per heavy atom. The largest absolute Gasteiger partial charge is 0.478 e. The molecule has 0 aliphatic rings. The topological polar surface area (TPSA) is 50.2 Å². The summed E-state index contributed by atoms with van der Waals surface area (Å²) >= 11 is 10.9. The summed E-state index contributed by atoms with van der Waals surface area (Å²) in [5.41, 5.74) is -0.349. The lowest BCUT2D eigenvalue weighted by atomic mass is 10.1. The molecule has 0 saturated heterocycles. The summed E-state index contributed by atoms with van der Waals surface area (Å²) in [6, 6.07) is 0. The van der Waals surface area contributed by atoms with Gasteiger partial charge in [-0.2, -0.15) is 0 Å². The summed E-state index contributed by atoms with van der Waals surface area (Å²) in [4.78, 5) is 14.1. The predicted octanol–water partition coefficient (Wildman–Crippen LogP) is 3.21. The molecular formula is C8H7Cl3FNO2. The van der Waals surface area contributed by atoms with Crippen molar-refractivity contribution in [2.24, 2.45) is 0 Å². The molecule has 0 bridgehead atoms. The van der Waals surface area contributed by atoms with Gasteiger partial charge in [-0.05, 0) is 6.42 Å². The summed E-state index contributed by atoms with van der Waals surface area (Å²) in [5, 5.41) is 8.06. The molecule has 0 radical (unpaired) electrons. The number of carbonyl (C=O) groups is 1. The fourth-order valence-electron chi connectivity index (χ4n) is 1.10. The van der Waals surface area contributed by atoms with E-state index < -0.39 is 16.9 Å². The van der Waals surface area contributed by atoms with E-state index >= 15 is 0 Å². The van der Waals surface area contributed by atoms with Crippen molar-refractivity contribution < 1.29 is 14.3 Å². The zero-order valence-electron chi connectivity index (χ0n) is 7.55. The van der Waals surface area contributed by atoms with Crippen LogP contribution in [0, 0.1) is 5.82 Å². The number of halogens is 4. The van der Waals surface area contributed by atoms with Gasteiger partial charge in [0.15, 0.2) is 11.0 Å². The second kappa shape index (κ2) is 5.49. The number of rotatable bonds is 2. The fraction of sp³-hybridized carbons (Fsp3) is 0.250. The van der Waals surface area contributed by atoms with Gasteiger partial charge in [0.2, 0.25) is 0 Å². The first-order valence-electron chi connectivity index (χ1n) is 3.75. The first-order valence-corrected chi connectivity index (χ1v) is 4.51. The third-order valence-corrected chi connectivity index (χ3v) is 2.24. The molecule has 0 fully saturated rings. The van der Waals surface area contributed by atoms with Crippen molar-refractivity contribution in [2.75, 3.05) is 0 Å². The van der Waals surface area contributed by atoms with E-state index in [0.717, 1.165) is 0 Å². The highest BCUT2D eigenvalue weighted by molar-refractivity contribution is 6.34. The Labute approximate surface area is 102 Å². The number of hydrogen-bond acceptors (Lipinski definition) is 2. The average Bonchev–Trinajstić information content (AvgIpc) is 2.09. The predicted molar refractivity (Wildman–Crippen MR) is 57.8 cm³/mol. The quantitative estimate of drug-likeness (QED) is 0.843. The Kier molecular flexibility index (Phi) is 5.28. The van der Waals surface area contributed by atoms with E-state index in [2.05, 4.69) is 4.98 Å². The average molecular weight is 275 g/mol. The first kappa shape index (κ1) is 14.4. The zero-order chi connectivity index (χ0) is 10.9. The van der Waals surface area contributed by atoms with Gasteiger partial charge in [0, 0.05) is 5.56 Å². The molecule has 0 spiro atoms. The van der Waals surface area contributed by atoms with Crippen LogP contribution in [0.2, 0.25) is 10.3 Å². The lowest BCUT2D eigenvalue weighted by molar-refractivity contribution is 0.0695. The molecule has 1 aromatic rings. The van der Waals surface area contributed by atoms with E-state index in [0.29, 0.717) is 0 Å². The van der Waals surface area contributed by atoms with Gasteiger partial charge in [-0.15, -0.1) is 12.4 Å². The van der Waals surface area contributed by atoms with Crippen LogP contribution in [0.15, 0.2) is 0 Å². The molecule has 1 N–H and O–H groups in total. The summed E-state index contributed by atoms with van der Waals surface area (Å²) in [7, 11) is 0. The second-order valence-electron chi connectivity index (χ2n) is 2.52. The van der Waals surface area contributed by atoms with Crippen LogP contribution >= 0.6 is 35.6 Å². The van der Waals surface area contributed by atoms with Gasteiger partial charge in [-0.3, -0.25) is 0 Å². The molecule has 0 amide bonds. The number of carboxylic acids is 1. The molecule has 3 nitrogen and oxygen atoms in total. The number of pyridine rings is 1. The van der Waals surface area contributed by atoms with E-state index in [1.54, 1.807) is 6.92 Å². The Hall–Kier alpha value is -0.580. The molecule has 0 aliphatic carbocycles. The molecule has 1 rings (SSSR count). The molecule has 0 aliphatic heterocycles. The van der Waals surface area contributed by atoms with Gasteiger partial charge in [0.25, 0.3) is 0 Å². The van der Waals surface area contributed by atoms with Crippen molar-refractivity contribution in [3.05, 3.63) is 27.3 Å². The zero-order valence-corrected chi connectivity index (χ0v) is 9.88. The highest BCUT2D eigenvalue weighted by Crippen LogP contribution is 2.26. The van der Waals surface area contributed by atoms with E-state index in [1.165, 1.54) is 0 Å². The van der Waals surface area contributed by atoms with Crippen LogP contribution < -0.4 is 0 Å². The van der Waals surface area contributed by atoms with Gasteiger partial charge in [-0.25, -0.2) is 14.2 Å². The third-order valence-electron chi connectivity index (χ3n) is 1.72. The first-order chi connectivity index (χ1) is 6.49. The van der Waals surface area contributed by atoms with Crippen LogP contribution in [0.1, 0.15) is 22.8 Å². The van der Waals surface area contributed by atoms with E-state index in [9.17, 15) is 9.18 Å². The van der Waals surface area contributed by atoms with Gasteiger partial charge >= 0.3 is 5.97 Å². The number of carboxylic acid groups (broad SMARTS) is 1. The summed E-state index contributed by atoms with van der Waals surface area (Å²) in [6.45, 7) is 1.61. The molecule has 0 aromatic carbocycles. The van der Waals surface area contributed by atoms with Crippen LogP contribution in [0.3, 0.4) is 0 Å². The van der Waals surface area contributed by atoms with E-state index in [-0.39, 0.29) is 35.1 Å². The minimum Gasteiger partial charge on any atom is -0.478 e. The number of aromatic nitrogens is 1. The molecule has 84 valence electrons. The highest BCUT2D eigenvalue weighted by Gasteiger charge is 2.21. The maximum Gasteiger partial charge on any atom is 0.339 e. The van der Waals surface area contributed by atoms with E-state index in [1.807, 2.05) is 0 Å². The minimum atomic E-state index is -1.31. The van der Waals surface area contributed by atoms with Crippen molar-refractivity contribution in [1.82, 2.24) is 4.98 Å². The number of hydrogen-bond donors (Lipinski definition) is 1. The van der Waals surface area contributed by atoms with Gasteiger partial charge < -0.3 is 5.11 Å². The molecule has 0 unspecified atom stereocenters. The second-order valence-corrected chi connectivity index (χ2v) is 3.24. The van der Waals surface area contributed by atoms with Crippen molar-refractivity contribution >= 4 is 41.6 Å². The summed E-state index contributed by atoms with van der Waals surface area (Å²) in [5.74, 6) is -2.13. The van der Waals surface area contributed by atoms with Crippen molar-refractivity contribution in [3.63, 3.8) is 0 Å². The Bertz CT molecular complexity index is 398. The standard InChI is InChI=1S/C8H6Cl2FNO2.ClH/c1-2-3-4(8(13)14)6(9)12-7(10)5(3)11;/h2H2,1H3,(H,13,14);1H. The summed E-state index contributed by atoms with van der Waals surface area (Å²) in [6.07, 6.45) is 0.190. The molecule has 1 heterocycles. The molecule has 1 aromatic heterocycles. The maximum absolute atomic E-state index is 13.3. The van der Waals surface area contributed by atoms with Crippen molar-refractivity contribution in [3.8, 4) is 0 Å². The molecular weight excluding hydrogens is 267 g/mol. The third kappa shape index (κ3) is 2.71. The van der Waals surface area contributed by atoms with Crippen LogP contribution in [0.5, 0.6) is 0 Å². The smallest absolute Gasteiger partial charge is 0.339 e. The normalized spacial score (nSPS) is 9.60. The minimum absolute atomic E-state index is 0. The van der Waals surface area contributed by atoms with Crippen LogP contribution in [0.25, 0.3) is 0 Å². The Morgan fingerprint density at radius 2 is 2.00 bits per heavy atom. The van der Waals surface area contributed by atoms with Crippen LogP contribution in [0.4, 0.5) is 4.39 Å². The number of aromatic carboxylic acids is 1. The van der Waals surface area contributed by atoms with Gasteiger partial charge in [0.1, 0.15) is 10.7 Å². The Morgan fingerprint density at radius 1 is 1.47 bits per heavy atom.